The van der Waals surface area contributed by atoms with Crippen molar-refractivity contribution in [2.45, 2.75) is 25.2 Å². The molecule has 2 aliphatic heterocycles. The topological polar surface area (TPSA) is 60.5 Å². The number of hydroxylamine groups is 1. The van der Waals surface area contributed by atoms with E-state index in [0.29, 0.717) is 30.3 Å². The number of carbonyl (C=O) groups excluding carboxylic acids is 1. The lowest BCUT2D eigenvalue weighted by atomic mass is 9.95. The number of benzene rings is 2. The van der Waals surface area contributed by atoms with Crippen LogP contribution in [0.25, 0.3) is 0 Å². The van der Waals surface area contributed by atoms with E-state index in [0.717, 1.165) is 5.69 Å². The third kappa shape index (κ3) is 3.22. The predicted molar refractivity (Wildman–Crippen MR) is 108 cm³/mol. The molecule has 152 valence electrons. The molecule has 0 N–H and O–H groups in total. The quantitative estimate of drug-likeness (QED) is 0.745. The van der Waals surface area contributed by atoms with Crippen LogP contribution in [0.1, 0.15) is 13.3 Å². The second-order valence-electron chi connectivity index (χ2n) is 6.77. The van der Waals surface area contributed by atoms with Crippen LogP contribution in [0.4, 0.5) is 11.4 Å². The number of ether oxygens (including phenoxy) is 3. The van der Waals surface area contributed by atoms with E-state index in [9.17, 15) is 4.79 Å². The molecule has 1 fully saturated rings. The fourth-order valence-corrected chi connectivity index (χ4v) is 3.76. The summed E-state index contributed by atoms with van der Waals surface area (Å²) in [4.78, 5) is 21.4. The van der Waals surface area contributed by atoms with Crippen molar-refractivity contribution in [2.24, 2.45) is 0 Å². The van der Waals surface area contributed by atoms with Gasteiger partial charge in [-0.25, -0.2) is 14.8 Å². The van der Waals surface area contributed by atoms with E-state index in [1.165, 1.54) is 0 Å². The van der Waals surface area contributed by atoms with Crippen molar-refractivity contribution in [3.05, 3.63) is 66.6 Å². The Labute approximate surface area is 170 Å². The van der Waals surface area contributed by atoms with Gasteiger partial charge < -0.3 is 14.2 Å². The van der Waals surface area contributed by atoms with Gasteiger partial charge in [-0.2, -0.15) is 0 Å². The van der Waals surface area contributed by atoms with E-state index in [4.69, 9.17) is 19.0 Å². The van der Waals surface area contributed by atoms with E-state index in [1.54, 1.807) is 24.2 Å². The normalized spacial score (nSPS) is 23.6. The highest BCUT2D eigenvalue weighted by molar-refractivity contribution is 6.09. The zero-order valence-electron chi connectivity index (χ0n) is 16.7. The number of anilines is 2. The molecule has 29 heavy (non-hydrogen) atoms. The molecule has 0 aliphatic carbocycles. The molecule has 2 unspecified atom stereocenters. The molecular weight excluding hydrogens is 372 g/mol. The van der Waals surface area contributed by atoms with Gasteiger partial charge in [0.2, 0.25) is 0 Å². The maximum absolute atomic E-state index is 13.8. The van der Waals surface area contributed by atoms with Crippen LogP contribution in [0.2, 0.25) is 0 Å². The molecule has 0 saturated carbocycles. The van der Waals surface area contributed by atoms with Gasteiger partial charge in [-0.3, -0.25) is 4.79 Å². The van der Waals surface area contributed by atoms with Gasteiger partial charge in [0.15, 0.2) is 17.7 Å². The van der Waals surface area contributed by atoms with Gasteiger partial charge in [-0.05, 0) is 43.3 Å². The number of hydrogen-bond donors (Lipinski definition) is 0. The molecule has 7 heteroatoms. The summed E-state index contributed by atoms with van der Waals surface area (Å²) in [7, 11) is 3.16. The predicted octanol–water partition coefficient (Wildman–Crippen LogP) is 3.47. The van der Waals surface area contributed by atoms with Crippen LogP contribution in [0.3, 0.4) is 0 Å². The molecule has 1 saturated heterocycles. The van der Waals surface area contributed by atoms with E-state index in [2.05, 4.69) is 0 Å². The smallest absolute Gasteiger partial charge is 0.266 e. The van der Waals surface area contributed by atoms with Gasteiger partial charge >= 0.3 is 0 Å². The zero-order chi connectivity index (χ0) is 20.4. The number of amides is 1. The fourth-order valence-electron chi connectivity index (χ4n) is 3.76. The highest BCUT2D eigenvalue weighted by atomic mass is 16.8. The van der Waals surface area contributed by atoms with Crippen molar-refractivity contribution >= 4 is 17.3 Å². The number of methoxy groups -OCH3 is 2. The first-order chi connectivity index (χ1) is 14.1. The molecule has 2 aromatic rings. The average Bonchev–Trinajstić information content (AvgIpc) is 3.27. The van der Waals surface area contributed by atoms with Gasteiger partial charge in [0, 0.05) is 19.1 Å². The minimum atomic E-state index is -1.06. The lowest BCUT2D eigenvalue weighted by Crippen LogP contribution is -2.51. The Morgan fingerprint density at radius 2 is 1.76 bits per heavy atom. The number of para-hydroxylation sites is 1. The molecule has 4 rings (SSSR count). The van der Waals surface area contributed by atoms with Crippen molar-refractivity contribution in [3.8, 4) is 5.75 Å². The van der Waals surface area contributed by atoms with Crippen LogP contribution in [0, 0.1) is 0 Å². The number of carbonyl (C=O) groups is 1. The SMILES string of the molecule is CCOC1CC2(C=C(OC)N(c3ccc(OC)cc3)C2=O)N(c2ccccc2)O1. The zero-order valence-corrected chi connectivity index (χ0v) is 16.7. The summed E-state index contributed by atoms with van der Waals surface area (Å²) in [5, 5.41) is 1.64. The minimum absolute atomic E-state index is 0.162. The Bertz CT molecular complexity index is 899. The van der Waals surface area contributed by atoms with Crippen molar-refractivity contribution < 1.29 is 23.8 Å². The fraction of sp³-hybridized carbons (Fsp3) is 0.318. The summed E-state index contributed by atoms with van der Waals surface area (Å²) in [6, 6.07) is 16.8. The van der Waals surface area contributed by atoms with Crippen molar-refractivity contribution in [2.75, 3.05) is 30.8 Å². The summed E-state index contributed by atoms with van der Waals surface area (Å²) in [5.41, 5.74) is 0.395. The van der Waals surface area contributed by atoms with E-state index in [1.807, 2.05) is 67.6 Å². The molecular formula is C22H24N2O5. The Balaban J connectivity index is 1.76. The minimum Gasteiger partial charge on any atom is -0.497 e. The maximum Gasteiger partial charge on any atom is 0.266 e. The standard InChI is InChI=1S/C22H24N2O5/c1-4-28-20-15-22(24(29-20)17-8-6-5-7-9-17)14-19(27-3)23(21(22)25)16-10-12-18(26-2)13-11-16/h5-14,20H,4,15H2,1-3H3. The summed E-state index contributed by atoms with van der Waals surface area (Å²) >= 11 is 0. The summed E-state index contributed by atoms with van der Waals surface area (Å²) in [6.45, 7) is 2.39. The second-order valence-corrected chi connectivity index (χ2v) is 6.77. The van der Waals surface area contributed by atoms with Crippen LogP contribution >= 0.6 is 0 Å². The van der Waals surface area contributed by atoms with Gasteiger partial charge in [0.05, 0.1) is 25.6 Å². The third-order valence-corrected chi connectivity index (χ3v) is 5.10. The van der Waals surface area contributed by atoms with Gasteiger partial charge in [-0.15, -0.1) is 0 Å². The average molecular weight is 396 g/mol. The molecule has 7 nitrogen and oxygen atoms in total. The molecule has 2 aliphatic rings. The van der Waals surface area contributed by atoms with E-state index >= 15 is 0 Å². The first-order valence-corrected chi connectivity index (χ1v) is 9.52. The van der Waals surface area contributed by atoms with Crippen LogP contribution < -0.4 is 14.7 Å². The molecule has 1 spiro atoms. The Morgan fingerprint density at radius 3 is 2.38 bits per heavy atom. The second kappa shape index (κ2) is 7.77. The third-order valence-electron chi connectivity index (χ3n) is 5.10. The van der Waals surface area contributed by atoms with Crippen molar-refractivity contribution in [1.82, 2.24) is 0 Å². The van der Waals surface area contributed by atoms with Crippen LogP contribution in [0.5, 0.6) is 5.75 Å². The Kier molecular flexibility index (Phi) is 5.17. The molecule has 0 bridgehead atoms. The van der Waals surface area contributed by atoms with Gasteiger partial charge in [0.25, 0.3) is 5.91 Å². The summed E-state index contributed by atoms with van der Waals surface area (Å²) in [5.74, 6) is 0.997. The van der Waals surface area contributed by atoms with E-state index in [-0.39, 0.29) is 5.91 Å². The van der Waals surface area contributed by atoms with Gasteiger partial charge in [0.1, 0.15) is 5.75 Å². The molecule has 2 heterocycles. The molecule has 2 aromatic carbocycles. The summed E-state index contributed by atoms with van der Waals surface area (Å²) in [6.07, 6.45) is 1.63. The van der Waals surface area contributed by atoms with Crippen LogP contribution in [0.15, 0.2) is 66.6 Å². The monoisotopic (exact) mass is 396 g/mol. The lowest BCUT2D eigenvalue weighted by molar-refractivity contribution is -0.122. The van der Waals surface area contributed by atoms with Crippen LogP contribution in [-0.4, -0.2) is 38.6 Å². The largest absolute Gasteiger partial charge is 0.497 e. The molecule has 1 amide bonds. The maximum atomic E-state index is 13.8. The van der Waals surface area contributed by atoms with E-state index < -0.39 is 11.8 Å². The molecule has 0 aromatic heterocycles. The lowest BCUT2D eigenvalue weighted by Gasteiger charge is -2.31. The molecule has 2 atom stereocenters. The summed E-state index contributed by atoms with van der Waals surface area (Å²) < 4.78 is 16.5. The number of hydrogen-bond acceptors (Lipinski definition) is 6. The Hall–Kier alpha value is -3.03. The number of nitrogens with zero attached hydrogens (tertiary/aromatic N) is 2. The highest BCUT2D eigenvalue weighted by Crippen LogP contribution is 2.45. The number of rotatable bonds is 6. The van der Waals surface area contributed by atoms with Gasteiger partial charge in [-0.1, -0.05) is 18.2 Å². The van der Waals surface area contributed by atoms with Crippen molar-refractivity contribution in [1.29, 1.82) is 0 Å². The highest BCUT2D eigenvalue weighted by Gasteiger charge is 2.59. The van der Waals surface area contributed by atoms with Crippen molar-refractivity contribution in [3.63, 3.8) is 0 Å². The van der Waals surface area contributed by atoms with Crippen LogP contribution in [-0.2, 0) is 19.1 Å². The first-order valence-electron chi connectivity index (χ1n) is 9.52. The Morgan fingerprint density at radius 1 is 1.03 bits per heavy atom. The first kappa shape index (κ1) is 19.3. The molecule has 0 radical (unpaired) electrons.